The van der Waals surface area contributed by atoms with Crippen LogP contribution in [0.1, 0.15) is 17.4 Å². The molecule has 19 heavy (non-hydrogen) atoms. The van der Waals surface area contributed by atoms with E-state index in [1.807, 2.05) is 18.2 Å². The van der Waals surface area contributed by atoms with Crippen molar-refractivity contribution in [1.82, 2.24) is 30.8 Å². The molecule has 1 aromatic carbocycles. The fourth-order valence-electron chi connectivity index (χ4n) is 2.43. The highest BCUT2D eigenvalue weighted by Crippen LogP contribution is 2.27. The van der Waals surface area contributed by atoms with Crippen LogP contribution in [0.15, 0.2) is 24.3 Å². The van der Waals surface area contributed by atoms with Gasteiger partial charge in [-0.2, -0.15) is 5.21 Å². The van der Waals surface area contributed by atoms with Crippen molar-refractivity contribution in [2.24, 2.45) is 0 Å². The van der Waals surface area contributed by atoms with Crippen molar-refractivity contribution in [3.8, 4) is 0 Å². The average molecular weight is 279 g/mol. The first-order valence-corrected chi connectivity index (χ1v) is 6.66. The average Bonchev–Trinajstić information content (AvgIpc) is 2.94. The standard InChI is InChI=1S/C12H15ClN6/c13-10-3-1-2-9(8-10)11(12-15-17-18-16-12)19-6-4-14-5-7-19/h1-3,8,11,14H,4-7H2,(H,15,16,17,18). The van der Waals surface area contributed by atoms with Gasteiger partial charge in [0.1, 0.15) is 0 Å². The number of nitrogens with zero attached hydrogens (tertiary/aromatic N) is 4. The van der Waals surface area contributed by atoms with Crippen LogP contribution in [0.5, 0.6) is 0 Å². The largest absolute Gasteiger partial charge is 0.314 e. The third-order valence-electron chi connectivity index (χ3n) is 3.29. The first-order valence-electron chi connectivity index (χ1n) is 6.28. The zero-order valence-electron chi connectivity index (χ0n) is 10.4. The maximum atomic E-state index is 6.09. The second-order valence-corrected chi connectivity index (χ2v) is 4.95. The summed E-state index contributed by atoms with van der Waals surface area (Å²) in [5, 5.41) is 18.6. The van der Waals surface area contributed by atoms with Gasteiger partial charge in [-0.15, -0.1) is 10.2 Å². The lowest BCUT2D eigenvalue weighted by molar-refractivity contribution is 0.192. The molecule has 0 bridgehead atoms. The molecule has 0 radical (unpaired) electrons. The van der Waals surface area contributed by atoms with Crippen LogP contribution >= 0.6 is 11.6 Å². The van der Waals surface area contributed by atoms with Crippen molar-refractivity contribution in [1.29, 1.82) is 0 Å². The van der Waals surface area contributed by atoms with Crippen LogP contribution in [0.2, 0.25) is 5.02 Å². The van der Waals surface area contributed by atoms with Gasteiger partial charge in [-0.3, -0.25) is 4.90 Å². The molecule has 2 heterocycles. The molecule has 7 heteroatoms. The van der Waals surface area contributed by atoms with Gasteiger partial charge in [0.25, 0.3) is 0 Å². The molecule has 1 saturated heterocycles. The molecule has 1 atom stereocenters. The molecule has 0 aliphatic carbocycles. The third kappa shape index (κ3) is 2.75. The Balaban J connectivity index is 1.96. The summed E-state index contributed by atoms with van der Waals surface area (Å²) >= 11 is 6.09. The second-order valence-electron chi connectivity index (χ2n) is 4.51. The number of tetrazole rings is 1. The van der Waals surface area contributed by atoms with Gasteiger partial charge in [0.2, 0.25) is 0 Å². The summed E-state index contributed by atoms with van der Waals surface area (Å²) < 4.78 is 0. The Morgan fingerprint density at radius 1 is 1.26 bits per heavy atom. The van der Waals surface area contributed by atoms with Crippen molar-refractivity contribution in [2.45, 2.75) is 6.04 Å². The molecular formula is C12H15ClN6. The lowest BCUT2D eigenvalue weighted by atomic mass is 10.0. The van der Waals surface area contributed by atoms with Crippen LogP contribution in [0.4, 0.5) is 0 Å². The minimum Gasteiger partial charge on any atom is -0.314 e. The fourth-order valence-corrected chi connectivity index (χ4v) is 2.62. The third-order valence-corrected chi connectivity index (χ3v) is 3.52. The van der Waals surface area contributed by atoms with E-state index in [4.69, 9.17) is 11.6 Å². The van der Waals surface area contributed by atoms with Gasteiger partial charge >= 0.3 is 0 Å². The maximum Gasteiger partial charge on any atom is 0.196 e. The van der Waals surface area contributed by atoms with E-state index < -0.39 is 0 Å². The lowest BCUT2D eigenvalue weighted by Crippen LogP contribution is -2.45. The topological polar surface area (TPSA) is 69.7 Å². The Kier molecular flexibility index (Phi) is 3.72. The van der Waals surface area contributed by atoms with Crippen LogP contribution in [0.25, 0.3) is 0 Å². The van der Waals surface area contributed by atoms with Crippen LogP contribution < -0.4 is 5.32 Å². The number of aromatic nitrogens is 4. The van der Waals surface area contributed by atoms with Crippen LogP contribution in [-0.4, -0.2) is 51.7 Å². The molecule has 1 aliphatic rings. The van der Waals surface area contributed by atoms with Crippen molar-refractivity contribution in [3.05, 3.63) is 40.7 Å². The highest BCUT2D eigenvalue weighted by molar-refractivity contribution is 6.30. The predicted molar refractivity (Wildman–Crippen MR) is 71.9 cm³/mol. The number of halogens is 1. The molecule has 2 aromatic rings. The normalized spacial score (nSPS) is 18.4. The van der Waals surface area contributed by atoms with E-state index in [1.165, 1.54) is 0 Å². The van der Waals surface area contributed by atoms with Gasteiger partial charge in [0.15, 0.2) is 5.82 Å². The molecule has 3 rings (SSSR count). The lowest BCUT2D eigenvalue weighted by Gasteiger charge is -2.33. The Labute approximate surface area is 116 Å². The van der Waals surface area contributed by atoms with Gasteiger partial charge in [-0.25, -0.2) is 0 Å². The van der Waals surface area contributed by atoms with Gasteiger partial charge in [0.05, 0.1) is 6.04 Å². The summed E-state index contributed by atoms with van der Waals surface area (Å²) in [5.74, 6) is 0.684. The molecule has 0 saturated carbocycles. The molecule has 0 spiro atoms. The van der Waals surface area contributed by atoms with E-state index in [-0.39, 0.29) is 6.04 Å². The Bertz CT molecular complexity index is 523. The summed E-state index contributed by atoms with van der Waals surface area (Å²) in [6, 6.07) is 7.84. The van der Waals surface area contributed by atoms with E-state index in [0.29, 0.717) is 5.82 Å². The Morgan fingerprint density at radius 2 is 2.11 bits per heavy atom. The monoisotopic (exact) mass is 278 g/mol. The van der Waals surface area contributed by atoms with Gasteiger partial charge in [0, 0.05) is 31.2 Å². The Morgan fingerprint density at radius 3 is 2.79 bits per heavy atom. The first kappa shape index (κ1) is 12.5. The molecule has 1 unspecified atom stereocenters. The van der Waals surface area contributed by atoms with E-state index in [2.05, 4.69) is 36.9 Å². The molecule has 1 aliphatic heterocycles. The number of H-pyrrole nitrogens is 1. The Hall–Kier alpha value is -1.50. The summed E-state index contributed by atoms with van der Waals surface area (Å²) in [7, 11) is 0. The van der Waals surface area contributed by atoms with E-state index in [9.17, 15) is 0 Å². The summed E-state index contributed by atoms with van der Waals surface area (Å²) in [5.41, 5.74) is 1.09. The number of benzene rings is 1. The maximum absolute atomic E-state index is 6.09. The van der Waals surface area contributed by atoms with E-state index >= 15 is 0 Å². The summed E-state index contributed by atoms with van der Waals surface area (Å²) in [6.07, 6.45) is 0. The molecule has 1 fully saturated rings. The van der Waals surface area contributed by atoms with Crippen LogP contribution in [-0.2, 0) is 0 Å². The molecule has 0 amide bonds. The summed E-state index contributed by atoms with van der Waals surface area (Å²) in [4.78, 5) is 2.34. The smallest absolute Gasteiger partial charge is 0.196 e. The highest BCUT2D eigenvalue weighted by Gasteiger charge is 2.27. The number of rotatable bonds is 3. The molecule has 100 valence electrons. The van der Waals surface area contributed by atoms with E-state index in [0.717, 1.165) is 36.8 Å². The van der Waals surface area contributed by atoms with Gasteiger partial charge < -0.3 is 5.32 Å². The van der Waals surface area contributed by atoms with Crippen molar-refractivity contribution < 1.29 is 0 Å². The van der Waals surface area contributed by atoms with Gasteiger partial charge in [-0.05, 0) is 17.7 Å². The SMILES string of the molecule is Clc1cccc(C(c2nn[nH]n2)N2CCNCC2)c1. The second kappa shape index (κ2) is 5.64. The first-order chi connectivity index (χ1) is 9.34. The van der Waals surface area contributed by atoms with Crippen molar-refractivity contribution in [2.75, 3.05) is 26.2 Å². The number of hydrogen-bond acceptors (Lipinski definition) is 5. The molecule has 1 aromatic heterocycles. The quantitative estimate of drug-likeness (QED) is 0.871. The van der Waals surface area contributed by atoms with Crippen LogP contribution in [0, 0.1) is 0 Å². The minimum atomic E-state index is -0.000417. The zero-order valence-corrected chi connectivity index (χ0v) is 11.1. The highest BCUT2D eigenvalue weighted by atomic mass is 35.5. The zero-order chi connectivity index (χ0) is 13.1. The number of hydrogen-bond donors (Lipinski definition) is 2. The predicted octanol–water partition coefficient (Wildman–Crippen LogP) is 0.848. The van der Waals surface area contributed by atoms with Crippen molar-refractivity contribution in [3.63, 3.8) is 0 Å². The van der Waals surface area contributed by atoms with E-state index in [1.54, 1.807) is 0 Å². The van der Waals surface area contributed by atoms with Crippen molar-refractivity contribution >= 4 is 11.6 Å². The summed E-state index contributed by atoms with van der Waals surface area (Å²) in [6.45, 7) is 3.83. The number of nitrogens with one attached hydrogen (secondary N) is 2. The molecule has 6 nitrogen and oxygen atoms in total. The van der Waals surface area contributed by atoms with Crippen LogP contribution in [0.3, 0.4) is 0 Å². The number of piperazine rings is 1. The van der Waals surface area contributed by atoms with Gasteiger partial charge in [-0.1, -0.05) is 28.9 Å². The fraction of sp³-hybridized carbons (Fsp3) is 0.417. The molecule has 2 N–H and O–H groups in total. The molecular weight excluding hydrogens is 264 g/mol. The minimum absolute atomic E-state index is 0.000417. The number of aromatic amines is 1.